The first-order valence-corrected chi connectivity index (χ1v) is 6.71. The molecule has 4 heteroatoms. The highest BCUT2D eigenvalue weighted by molar-refractivity contribution is 5.68. The Bertz CT molecular complexity index is 259. The van der Waals surface area contributed by atoms with Crippen LogP contribution in [0.1, 0.15) is 64.2 Å². The van der Waals surface area contributed by atoms with Crippen LogP contribution in [0.4, 0.5) is 0 Å². The topological polar surface area (TPSA) is 74.6 Å². The zero-order valence-corrected chi connectivity index (χ0v) is 10.9. The van der Waals surface area contributed by atoms with Crippen molar-refractivity contribution in [2.75, 3.05) is 0 Å². The van der Waals surface area contributed by atoms with E-state index >= 15 is 0 Å². The molecule has 0 rings (SSSR count). The Morgan fingerprint density at radius 3 is 1.83 bits per heavy atom. The fourth-order valence-electron chi connectivity index (χ4n) is 1.72. The van der Waals surface area contributed by atoms with Gasteiger partial charge in [-0.2, -0.15) is 0 Å². The van der Waals surface area contributed by atoms with Gasteiger partial charge >= 0.3 is 11.9 Å². The van der Waals surface area contributed by atoms with Crippen LogP contribution >= 0.6 is 0 Å². The third kappa shape index (κ3) is 14.7. The van der Waals surface area contributed by atoms with Gasteiger partial charge in [0.2, 0.25) is 0 Å². The highest BCUT2D eigenvalue weighted by Crippen LogP contribution is 2.10. The summed E-state index contributed by atoms with van der Waals surface area (Å²) < 4.78 is 0. The van der Waals surface area contributed by atoms with Crippen LogP contribution < -0.4 is 0 Å². The number of carbonyl (C=O) groups is 2. The molecule has 0 heterocycles. The summed E-state index contributed by atoms with van der Waals surface area (Å²) in [5.41, 5.74) is 0. The van der Waals surface area contributed by atoms with Crippen molar-refractivity contribution in [1.82, 2.24) is 0 Å². The van der Waals surface area contributed by atoms with E-state index in [1.54, 1.807) is 6.08 Å². The summed E-state index contributed by atoms with van der Waals surface area (Å²) in [6.07, 6.45) is 12.5. The second kappa shape index (κ2) is 12.1. The Kier molecular flexibility index (Phi) is 11.3. The molecular weight excluding hydrogens is 232 g/mol. The molecule has 4 nitrogen and oxygen atoms in total. The van der Waals surface area contributed by atoms with Crippen LogP contribution in [0.3, 0.4) is 0 Å². The minimum atomic E-state index is -0.785. The SMILES string of the molecule is O=C(O)C/C=C\CCCCCCCCCC(=O)O. The summed E-state index contributed by atoms with van der Waals surface area (Å²) in [5, 5.41) is 16.9. The first-order valence-electron chi connectivity index (χ1n) is 6.71. The van der Waals surface area contributed by atoms with E-state index in [9.17, 15) is 9.59 Å². The van der Waals surface area contributed by atoms with Gasteiger partial charge in [-0.1, -0.05) is 44.3 Å². The lowest BCUT2D eigenvalue weighted by molar-refractivity contribution is -0.137. The van der Waals surface area contributed by atoms with Crippen LogP contribution in [0.2, 0.25) is 0 Å². The van der Waals surface area contributed by atoms with E-state index in [4.69, 9.17) is 10.2 Å². The Morgan fingerprint density at radius 1 is 0.722 bits per heavy atom. The lowest BCUT2D eigenvalue weighted by Gasteiger charge is -2.00. The van der Waals surface area contributed by atoms with E-state index in [2.05, 4.69) is 0 Å². The van der Waals surface area contributed by atoms with Crippen molar-refractivity contribution in [1.29, 1.82) is 0 Å². The minimum Gasteiger partial charge on any atom is -0.481 e. The molecule has 2 N–H and O–H groups in total. The molecule has 18 heavy (non-hydrogen) atoms. The van der Waals surface area contributed by atoms with Crippen molar-refractivity contribution in [3.05, 3.63) is 12.2 Å². The summed E-state index contributed by atoms with van der Waals surface area (Å²) in [6.45, 7) is 0. The van der Waals surface area contributed by atoms with Gasteiger partial charge in [0.1, 0.15) is 0 Å². The van der Waals surface area contributed by atoms with Gasteiger partial charge in [0.05, 0.1) is 6.42 Å². The largest absolute Gasteiger partial charge is 0.481 e. The van der Waals surface area contributed by atoms with Crippen molar-refractivity contribution in [3.63, 3.8) is 0 Å². The van der Waals surface area contributed by atoms with Gasteiger partial charge in [0.15, 0.2) is 0 Å². The predicted octanol–water partition coefficient (Wildman–Crippen LogP) is 3.61. The molecule has 0 amide bonds. The van der Waals surface area contributed by atoms with Crippen molar-refractivity contribution in [2.24, 2.45) is 0 Å². The maximum atomic E-state index is 10.3. The molecule has 0 aromatic carbocycles. The predicted molar refractivity (Wildman–Crippen MR) is 70.6 cm³/mol. The zero-order valence-electron chi connectivity index (χ0n) is 10.9. The van der Waals surface area contributed by atoms with E-state index in [0.717, 1.165) is 38.5 Å². The molecule has 0 saturated heterocycles. The lowest BCUT2D eigenvalue weighted by atomic mass is 10.1. The number of carboxylic acid groups (broad SMARTS) is 2. The van der Waals surface area contributed by atoms with E-state index in [0.29, 0.717) is 0 Å². The third-order valence-electron chi connectivity index (χ3n) is 2.72. The molecule has 0 aliphatic rings. The number of aliphatic carboxylic acids is 2. The summed E-state index contributed by atoms with van der Waals surface area (Å²) in [6, 6.07) is 0. The number of unbranched alkanes of at least 4 members (excludes halogenated alkanes) is 7. The van der Waals surface area contributed by atoms with E-state index in [-0.39, 0.29) is 12.8 Å². The Hall–Kier alpha value is -1.32. The van der Waals surface area contributed by atoms with Gasteiger partial charge in [0.25, 0.3) is 0 Å². The van der Waals surface area contributed by atoms with Crippen molar-refractivity contribution in [3.8, 4) is 0 Å². The molecule has 0 aromatic rings. The van der Waals surface area contributed by atoms with Crippen LogP contribution in [-0.2, 0) is 9.59 Å². The van der Waals surface area contributed by atoms with Crippen LogP contribution in [0.5, 0.6) is 0 Å². The molecule has 0 aliphatic carbocycles. The fourth-order valence-corrected chi connectivity index (χ4v) is 1.72. The van der Waals surface area contributed by atoms with Crippen LogP contribution in [0.25, 0.3) is 0 Å². The van der Waals surface area contributed by atoms with Crippen LogP contribution in [0.15, 0.2) is 12.2 Å². The number of hydrogen-bond acceptors (Lipinski definition) is 2. The zero-order chi connectivity index (χ0) is 13.6. The van der Waals surface area contributed by atoms with Gasteiger partial charge < -0.3 is 10.2 Å². The summed E-state index contributed by atoms with van der Waals surface area (Å²) in [7, 11) is 0. The van der Waals surface area contributed by atoms with Gasteiger partial charge in [-0.25, -0.2) is 0 Å². The smallest absolute Gasteiger partial charge is 0.307 e. The van der Waals surface area contributed by atoms with Crippen molar-refractivity contribution < 1.29 is 19.8 Å². The Labute approximate surface area is 109 Å². The second-order valence-electron chi connectivity index (χ2n) is 4.48. The first-order chi connectivity index (χ1) is 8.63. The molecule has 0 spiro atoms. The van der Waals surface area contributed by atoms with Gasteiger partial charge in [-0.3, -0.25) is 9.59 Å². The average Bonchev–Trinajstić information content (AvgIpc) is 2.29. The standard InChI is InChI=1S/C14H24O4/c15-13(16)11-9-7-5-3-1-2-4-6-8-10-12-14(17)18/h7,9H,1-6,8,10-12H2,(H,15,16)(H,17,18)/b9-7-. The van der Waals surface area contributed by atoms with Crippen LogP contribution in [0, 0.1) is 0 Å². The van der Waals surface area contributed by atoms with Gasteiger partial charge in [-0.05, 0) is 19.3 Å². The van der Waals surface area contributed by atoms with Crippen LogP contribution in [-0.4, -0.2) is 22.2 Å². The van der Waals surface area contributed by atoms with E-state index in [1.165, 1.54) is 12.8 Å². The molecule has 0 saturated carbocycles. The number of rotatable bonds is 12. The molecule has 0 atom stereocenters. The number of hydrogen-bond donors (Lipinski definition) is 2. The lowest BCUT2D eigenvalue weighted by Crippen LogP contribution is -1.93. The molecule has 0 aromatic heterocycles. The minimum absolute atomic E-state index is 0.115. The molecular formula is C14H24O4. The van der Waals surface area contributed by atoms with Crippen molar-refractivity contribution in [2.45, 2.75) is 64.2 Å². The van der Waals surface area contributed by atoms with Gasteiger partial charge in [0, 0.05) is 6.42 Å². The molecule has 0 bridgehead atoms. The molecule has 0 unspecified atom stereocenters. The highest BCUT2D eigenvalue weighted by atomic mass is 16.4. The summed E-state index contributed by atoms with van der Waals surface area (Å²) >= 11 is 0. The van der Waals surface area contributed by atoms with Crippen molar-refractivity contribution >= 4 is 11.9 Å². The summed E-state index contributed by atoms with van der Waals surface area (Å²) in [4.78, 5) is 20.5. The van der Waals surface area contributed by atoms with Gasteiger partial charge in [-0.15, -0.1) is 0 Å². The molecule has 0 aliphatic heterocycles. The third-order valence-corrected chi connectivity index (χ3v) is 2.72. The maximum absolute atomic E-state index is 10.3. The first kappa shape index (κ1) is 16.7. The highest BCUT2D eigenvalue weighted by Gasteiger charge is 1.96. The van der Waals surface area contributed by atoms with E-state index in [1.807, 2.05) is 6.08 Å². The summed E-state index contributed by atoms with van der Waals surface area (Å²) in [5.74, 6) is -1.49. The monoisotopic (exact) mass is 256 g/mol. The molecule has 104 valence electrons. The van der Waals surface area contributed by atoms with E-state index < -0.39 is 11.9 Å². The number of carboxylic acids is 2. The second-order valence-corrected chi connectivity index (χ2v) is 4.48. The quantitative estimate of drug-likeness (QED) is 0.413. The Balaban J connectivity index is 3.09. The molecule has 0 radical (unpaired) electrons. The maximum Gasteiger partial charge on any atom is 0.307 e. The number of allylic oxidation sites excluding steroid dienone is 1. The normalized spacial score (nSPS) is 10.9. The Morgan fingerprint density at radius 2 is 1.28 bits per heavy atom. The average molecular weight is 256 g/mol. The molecule has 0 fully saturated rings. The fraction of sp³-hybridized carbons (Fsp3) is 0.714.